The number of hydrogen-bond acceptors (Lipinski definition) is 5. The molecule has 0 atom stereocenters. The Morgan fingerprint density at radius 3 is 2.31 bits per heavy atom. The van der Waals surface area contributed by atoms with Gasteiger partial charge < -0.3 is 9.80 Å². The molecule has 2 fully saturated rings. The van der Waals surface area contributed by atoms with Crippen molar-refractivity contribution in [3.05, 3.63) is 52.5 Å². The van der Waals surface area contributed by atoms with E-state index in [-0.39, 0.29) is 10.8 Å². The molecule has 2 heterocycles. The highest BCUT2D eigenvalue weighted by molar-refractivity contribution is 7.98. The van der Waals surface area contributed by atoms with E-state index in [0.29, 0.717) is 36.8 Å². The summed E-state index contributed by atoms with van der Waals surface area (Å²) < 4.78 is 28.3. The van der Waals surface area contributed by atoms with E-state index < -0.39 is 10.0 Å². The Morgan fingerprint density at radius 1 is 0.969 bits per heavy atom. The summed E-state index contributed by atoms with van der Waals surface area (Å²) in [6.45, 7) is 5.43. The number of benzene rings is 2. The lowest BCUT2D eigenvalue weighted by molar-refractivity contribution is 0.0789. The lowest BCUT2D eigenvalue weighted by Gasteiger charge is -2.36. The van der Waals surface area contributed by atoms with Gasteiger partial charge in [-0.1, -0.05) is 17.7 Å². The smallest absolute Gasteiger partial charge is 0.255 e. The molecule has 6 nitrogen and oxygen atoms in total. The molecule has 2 saturated heterocycles. The van der Waals surface area contributed by atoms with Crippen LogP contribution in [0.25, 0.3) is 0 Å². The van der Waals surface area contributed by atoms with Crippen LogP contribution in [-0.4, -0.2) is 69.1 Å². The predicted octanol–water partition coefficient (Wildman–Crippen LogP) is 4.12. The number of hydrogen-bond donors (Lipinski definition) is 0. The van der Waals surface area contributed by atoms with Gasteiger partial charge in [0.05, 0.1) is 10.5 Å². The molecular formula is C23H28ClN3O3S2. The number of sulfonamides is 1. The van der Waals surface area contributed by atoms with Crippen LogP contribution in [0.3, 0.4) is 0 Å². The van der Waals surface area contributed by atoms with E-state index in [1.807, 2.05) is 36.3 Å². The van der Waals surface area contributed by atoms with Crippen molar-refractivity contribution in [3.63, 3.8) is 0 Å². The zero-order valence-electron chi connectivity index (χ0n) is 18.4. The third kappa shape index (κ3) is 4.64. The first-order chi connectivity index (χ1) is 15.3. The average molecular weight is 494 g/mol. The Kier molecular flexibility index (Phi) is 7.05. The molecule has 0 bridgehead atoms. The molecule has 2 aliphatic rings. The van der Waals surface area contributed by atoms with E-state index in [1.165, 1.54) is 16.1 Å². The number of anilines is 1. The summed E-state index contributed by atoms with van der Waals surface area (Å²) in [5.74, 6) is -0.0786. The lowest BCUT2D eigenvalue weighted by atomic mass is 10.1. The molecule has 0 unspecified atom stereocenters. The second-order valence-corrected chi connectivity index (χ2v) is 11.4. The van der Waals surface area contributed by atoms with Gasteiger partial charge in [-0.15, -0.1) is 11.8 Å². The fraction of sp³-hybridized carbons (Fsp3) is 0.435. The molecule has 4 rings (SSSR count). The molecule has 32 heavy (non-hydrogen) atoms. The number of amides is 1. The topological polar surface area (TPSA) is 60.9 Å². The molecule has 0 radical (unpaired) electrons. The van der Waals surface area contributed by atoms with Gasteiger partial charge in [0.25, 0.3) is 5.91 Å². The summed E-state index contributed by atoms with van der Waals surface area (Å²) in [6, 6.07) is 10.7. The number of aryl methyl sites for hydroxylation is 1. The van der Waals surface area contributed by atoms with E-state index in [4.69, 9.17) is 11.6 Å². The van der Waals surface area contributed by atoms with Crippen molar-refractivity contribution >= 4 is 45.0 Å². The zero-order valence-corrected chi connectivity index (χ0v) is 20.8. The Balaban J connectivity index is 1.54. The van der Waals surface area contributed by atoms with Gasteiger partial charge in [-0.25, -0.2) is 8.42 Å². The molecule has 2 aliphatic heterocycles. The van der Waals surface area contributed by atoms with Crippen molar-refractivity contribution in [2.45, 2.75) is 29.6 Å². The average Bonchev–Trinajstić information content (AvgIpc) is 3.35. The third-order valence-corrected chi connectivity index (χ3v) is 9.11. The van der Waals surface area contributed by atoms with E-state index >= 15 is 0 Å². The van der Waals surface area contributed by atoms with Gasteiger partial charge >= 0.3 is 0 Å². The quantitative estimate of drug-likeness (QED) is 0.586. The standard InChI is InChI=1S/C23H28ClN3O3S2/c1-17-5-6-18(24)15-21(17)25-11-13-27(14-12-25)32(29,30)19-7-8-22(31-2)20(16-19)23(28)26-9-3-4-10-26/h5-8,15-16H,3-4,9-14H2,1-2H3. The van der Waals surface area contributed by atoms with Gasteiger partial charge in [0.15, 0.2) is 0 Å². The SMILES string of the molecule is CSc1ccc(S(=O)(=O)N2CCN(c3cc(Cl)ccc3C)CC2)cc1C(=O)N1CCCC1. The number of halogens is 1. The number of rotatable bonds is 5. The van der Waals surface area contributed by atoms with Crippen molar-refractivity contribution in [1.29, 1.82) is 0 Å². The number of likely N-dealkylation sites (tertiary alicyclic amines) is 1. The number of carbonyl (C=O) groups excluding carboxylic acids is 1. The van der Waals surface area contributed by atoms with Crippen LogP contribution in [0.4, 0.5) is 5.69 Å². The summed E-state index contributed by atoms with van der Waals surface area (Å²) in [5, 5.41) is 0.671. The van der Waals surface area contributed by atoms with Gasteiger partial charge in [0, 0.05) is 54.9 Å². The van der Waals surface area contributed by atoms with Gasteiger partial charge in [0.1, 0.15) is 0 Å². The normalized spacial score (nSPS) is 17.7. The molecule has 0 N–H and O–H groups in total. The fourth-order valence-electron chi connectivity index (χ4n) is 4.35. The molecule has 172 valence electrons. The minimum atomic E-state index is -3.69. The van der Waals surface area contributed by atoms with Crippen molar-refractivity contribution < 1.29 is 13.2 Å². The molecule has 0 aromatic heterocycles. The number of piperazine rings is 1. The van der Waals surface area contributed by atoms with Crippen molar-refractivity contribution in [1.82, 2.24) is 9.21 Å². The fourth-order valence-corrected chi connectivity index (χ4v) is 6.53. The molecule has 0 saturated carbocycles. The molecular weight excluding hydrogens is 466 g/mol. The summed E-state index contributed by atoms with van der Waals surface area (Å²) in [5.41, 5.74) is 2.63. The largest absolute Gasteiger partial charge is 0.369 e. The van der Waals surface area contributed by atoms with Crippen LogP contribution in [0.2, 0.25) is 5.02 Å². The van der Waals surface area contributed by atoms with Crippen LogP contribution in [-0.2, 0) is 10.0 Å². The van der Waals surface area contributed by atoms with Crippen LogP contribution in [0.15, 0.2) is 46.2 Å². The van der Waals surface area contributed by atoms with Crippen molar-refractivity contribution in [3.8, 4) is 0 Å². The van der Waals surface area contributed by atoms with Crippen LogP contribution in [0.5, 0.6) is 0 Å². The molecule has 0 aliphatic carbocycles. The number of nitrogens with zero attached hydrogens (tertiary/aromatic N) is 3. The Morgan fingerprint density at radius 2 is 1.66 bits per heavy atom. The molecule has 1 amide bonds. The maximum absolute atomic E-state index is 13.4. The predicted molar refractivity (Wildman–Crippen MR) is 131 cm³/mol. The second kappa shape index (κ2) is 9.63. The van der Waals surface area contributed by atoms with E-state index in [2.05, 4.69) is 4.90 Å². The van der Waals surface area contributed by atoms with Crippen molar-refractivity contribution in [2.24, 2.45) is 0 Å². The Hall–Kier alpha value is -1.74. The lowest BCUT2D eigenvalue weighted by Crippen LogP contribution is -2.48. The van der Waals surface area contributed by atoms with E-state index in [9.17, 15) is 13.2 Å². The number of thioether (sulfide) groups is 1. The first-order valence-corrected chi connectivity index (χ1v) is 13.8. The highest BCUT2D eigenvalue weighted by atomic mass is 35.5. The van der Waals surface area contributed by atoms with Gasteiger partial charge in [0.2, 0.25) is 10.0 Å². The maximum atomic E-state index is 13.4. The first kappa shape index (κ1) is 23.4. The molecule has 2 aromatic rings. The Bertz CT molecular complexity index is 1110. The molecule has 2 aromatic carbocycles. The van der Waals surface area contributed by atoms with Crippen LogP contribution >= 0.6 is 23.4 Å². The highest BCUT2D eigenvalue weighted by Crippen LogP contribution is 2.29. The maximum Gasteiger partial charge on any atom is 0.255 e. The monoisotopic (exact) mass is 493 g/mol. The van der Waals surface area contributed by atoms with Gasteiger partial charge in [-0.05, 0) is 61.9 Å². The summed E-state index contributed by atoms with van der Waals surface area (Å²) >= 11 is 7.63. The molecule has 0 spiro atoms. The first-order valence-electron chi connectivity index (χ1n) is 10.8. The minimum Gasteiger partial charge on any atom is -0.369 e. The van der Waals surface area contributed by atoms with E-state index in [0.717, 1.165) is 42.1 Å². The van der Waals surface area contributed by atoms with E-state index in [1.54, 1.807) is 18.2 Å². The molecule has 9 heteroatoms. The van der Waals surface area contributed by atoms with Gasteiger partial charge in [-0.2, -0.15) is 4.31 Å². The Labute approximate surface area is 199 Å². The van der Waals surface area contributed by atoms with Gasteiger partial charge in [-0.3, -0.25) is 4.79 Å². The third-order valence-electron chi connectivity index (χ3n) is 6.18. The second-order valence-electron chi connectivity index (χ2n) is 8.18. The summed E-state index contributed by atoms with van der Waals surface area (Å²) in [6.07, 6.45) is 3.89. The van der Waals surface area contributed by atoms with Crippen molar-refractivity contribution in [2.75, 3.05) is 50.4 Å². The highest BCUT2D eigenvalue weighted by Gasteiger charge is 2.31. The van der Waals surface area contributed by atoms with Crippen LogP contribution < -0.4 is 4.90 Å². The summed E-state index contributed by atoms with van der Waals surface area (Å²) in [4.78, 5) is 18.0. The van der Waals surface area contributed by atoms with Crippen LogP contribution in [0, 0.1) is 6.92 Å². The zero-order chi connectivity index (χ0) is 22.9. The summed E-state index contributed by atoms with van der Waals surface area (Å²) in [7, 11) is -3.69. The van der Waals surface area contributed by atoms with Crippen LogP contribution in [0.1, 0.15) is 28.8 Å². The minimum absolute atomic E-state index is 0.0786. The number of carbonyl (C=O) groups is 1.